The van der Waals surface area contributed by atoms with Crippen LogP contribution in [0.1, 0.15) is 11.1 Å². The van der Waals surface area contributed by atoms with Gasteiger partial charge in [-0.2, -0.15) is 0 Å². The molecule has 0 saturated heterocycles. The van der Waals surface area contributed by atoms with Crippen molar-refractivity contribution in [2.24, 2.45) is 5.73 Å². The van der Waals surface area contributed by atoms with Crippen LogP contribution in [0.4, 0.5) is 14.5 Å². The minimum absolute atomic E-state index is 0.105. The number of hydrogen-bond acceptors (Lipinski definition) is 3. The molecular weight excluding hydrogens is 298 g/mol. The van der Waals surface area contributed by atoms with E-state index in [0.717, 1.165) is 24.3 Å². The Hall–Kier alpha value is -1.99. The van der Waals surface area contributed by atoms with Crippen molar-refractivity contribution < 1.29 is 17.2 Å². The SMILES string of the molecule is Cc1cc(F)ccc1S(=O)(=O)Nc1ccc(CN)cc1F. The van der Waals surface area contributed by atoms with Gasteiger partial charge in [0.15, 0.2) is 0 Å². The van der Waals surface area contributed by atoms with E-state index in [1.54, 1.807) is 0 Å². The molecule has 0 fully saturated rings. The smallest absolute Gasteiger partial charge is 0.262 e. The summed E-state index contributed by atoms with van der Waals surface area (Å²) in [5.74, 6) is -1.26. The highest BCUT2D eigenvalue weighted by Crippen LogP contribution is 2.22. The molecule has 112 valence electrons. The third kappa shape index (κ3) is 3.37. The van der Waals surface area contributed by atoms with Gasteiger partial charge >= 0.3 is 0 Å². The maximum absolute atomic E-state index is 13.8. The average Bonchev–Trinajstić information content (AvgIpc) is 2.40. The van der Waals surface area contributed by atoms with Gasteiger partial charge in [-0.3, -0.25) is 4.72 Å². The average molecular weight is 312 g/mol. The van der Waals surface area contributed by atoms with E-state index < -0.39 is 21.7 Å². The minimum atomic E-state index is -3.99. The lowest BCUT2D eigenvalue weighted by molar-refractivity contribution is 0.596. The molecule has 0 aliphatic heterocycles. The highest BCUT2D eigenvalue weighted by molar-refractivity contribution is 7.92. The normalized spacial score (nSPS) is 11.4. The molecule has 21 heavy (non-hydrogen) atoms. The maximum Gasteiger partial charge on any atom is 0.262 e. The summed E-state index contributed by atoms with van der Waals surface area (Å²) in [6.45, 7) is 1.62. The molecule has 0 spiro atoms. The molecule has 0 bridgehead atoms. The van der Waals surface area contributed by atoms with Gasteiger partial charge in [-0.1, -0.05) is 6.07 Å². The van der Waals surface area contributed by atoms with Crippen LogP contribution in [0.5, 0.6) is 0 Å². The summed E-state index contributed by atoms with van der Waals surface area (Å²) in [5, 5.41) is 0. The highest BCUT2D eigenvalue weighted by Gasteiger charge is 2.19. The lowest BCUT2D eigenvalue weighted by Crippen LogP contribution is -2.15. The Labute approximate surface area is 121 Å². The van der Waals surface area contributed by atoms with Gasteiger partial charge in [0.1, 0.15) is 11.6 Å². The second-order valence-corrected chi connectivity index (χ2v) is 6.18. The van der Waals surface area contributed by atoms with Gasteiger partial charge < -0.3 is 5.73 Å². The first-order valence-electron chi connectivity index (χ1n) is 6.11. The van der Waals surface area contributed by atoms with Crippen LogP contribution in [0.25, 0.3) is 0 Å². The van der Waals surface area contributed by atoms with Gasteiger partial charge in [-0.15, -0.1) is 0 Å². The Bertz CT molecular complexity index is 777. The zero-order valence-electron chi connectivity index (χ0n) is 11.2. The fourth-order valence-electron chi connectivity index (χ4n) is 1.88. The lowest BCUT2D eigenvalue weighted by atomic mass is 10.2. The van der Waals surface area contributed by atoms with Gasteiger partial charge in [0, 0.05) is 6.54 Å². The molecule has 0 unspecified atom stereocenters. The van der Waals surface area contributed by atoms with Crippen molar-refractivity contribution in [2.75, 3.05) is 4.72 Å². The van der Waals surface area contributed by atoms with Gasteiger partial charge in [0.05, 0.1) is 10.6 Å². The molecule has 0 radical (unpaired) electrons. The van der Waals surface area contributed by atoms with Crippen molar-refractivity contribution in [2.45, 2.75) is 18.4 Å². The predicted molar refractivity (Wildman–Crippen MR) is 76.2 cm³/mol. The summed E-state index contributed by atoms with van der Waals surface area (Å²) in [5.41, 5.74) is 5.98. The zero-order valence-corrected chi connectivity index (χ0v) is 12.0. The van der Waals surface area contributed by atoms with Gasteiger partial charge in [-0.05, 0) is 48.4 Å². The Kier molecular flexibility index (Phi) is 4.24. The molecule has 0 heterocycles. The van der Waals surface area contributed by atoms with E-state index in [2.05, 4.69) is 4.72 Å². The number of hydrogen-bond donors (Lipinski definition) is 2. The number of anilines is 1. The van der Waals surface area contributed by atoms with Crippen molar-refractivity contribution >= 4 is 15.7 Å². The number of sulfonamides is 1. The summed E-state index contributed by atoms with van der Waals surface area (Å²) >= 11 is 0. The van der Waals surface area contributed by atoms with E-state index in [4.69, 9.17) is 5.73 Å². The van der Waals surface area contributed by atoms with E-state index in [-0.39, 0.29) is 22.7 Å². The molecule has 7 heteroatoms. The monoisotopic (exact) mass is 312 g/mol. The molecule has 0 atom stereocenters. The molecule has 2 aromatic carbocycles. The fraction of sp³-hybridized carbons (Fsp3) is 0.143. The minimum Gasteiger partial charge on any atom is -0.326 e. The zero-order chi connectivity index (χ0) is 15.6. The summed E-state index contributed by atoms with van der Waals surface area (Å²) in [6, 6.07) is 7.26. The molecule has 0 saturated carbocycles. The van der Waals surface area contributed by atoms with Crippen molar-refractivity contribution in [3.8, 4) is 0 Å². The van der Waals surface area contributed by atoms with E-state index >= 15 is 0 Å². The number of benzene rings is 2. The van der Waals surface area contributed by atoms with Crippen LogP contribution >= 0.6 is 0 Å². The molecule has 0 aromatic heterocycles. The van der Waals surface area contributed by atoms with Gasteiger partial charge in [0.2, 0.25) is 0 Å². The Balaban J connectivity index is 2.37. The topological polar surface area (TPSA) is 72.2 Å². The Morgan fingerprint density at radius 3 is 2.43 bits per heavy atom. The van der Waals surface area contributed by atoms with Crippen LogP contribution in [0.2, 0.25) is 0 Å². The van der Waals surface area contributed by atoms with Gasteiger partial charge in [-0.25, -0.2) is 17.2 Å². The third-order valence-corrected chi connectivity index (χ3v) is 4.47. The first-order valence-corrected chi connectivity index (χ1v) is 7.59. The number of halogens is 2. The van der Waals surface area contributed by atoms with Crippen LogP contribution in [0, 0.1) is 18.6 Å². The van der Waals surface area contributed by atoms with E-state index in [0.29, 0.717) is 5.56 Å². The standard InChI is InChI=1S/C14H14F2N2O2S/c1-9-6-11(15)3-5-14(9)21(19,20)18-13-4-2-10(8-17)7-12(13)16/h2-7,18H,8,17H2,1H3. The van der Waals surface area contributed by atoms with Crippen LogP contribution in [0.15, 0.2) is 41.3 Å². The second kappa shape index (κ2) is 5.79. The third-order valence-electron chi connectivity index (χ3n) is 2.94. The van der Waals surface area contributed by atoms with Crippen LogP contribution < -0.4 is 10.5 Å². The molecule has 0 aliphatic carbocycles. The molecule has 3 N–H and O–H groups in total. The number of rotatable bonds is 4. The Morgan fingerprint density at radius 1 is 1.14 bits per heavy atom. The number of nitrogens with two attached hydrogens (primary N) is 1. The second-order valence-electron chi connectivity index (χ2n) is 4.53. The molecule has 0 aliphatic rings. The van der Waals surface area contributed by atoms with Crippen molar-refractivity contribution in [1.82, 2.24) is 0 Å². The first-order chi connectivity index (χ1) is 9.83. The summed E-state index contributed by atoms with van der Waals surface area (Å²) in [7, 11) is -3.99. The maximum atomic E-state index is 13.8. The number of nitrogens with one attached hydrogen (secondary N) is 1. The fourth-order valence-corrected chi connectivity index (χ4v) is 3.18. The quantitative estimate of drug-likeness (QED) is 0.911. The first kappa shape index (κ1) is 15.4. The number of aryl methyl sites for hydroxylation is 1. The lowest BCUT2D eigenvalue weighted by Gasteiger charge is -2.11. The molecule has 0 amide bonds. The van der Waals surface area contributed by atoms with Crippen LogP contribution in [-0.4, -0.2) is 8.42 Å². The Morgan fingerprint density at radius 2 is 1.86 bits per heavy atom. The van der Waals surface area contributed by atoms with Crippen LogP contribution in [0.3, 0.4) is 0 Å². The van der Waals surface area contributed by atoms with Crippen molar-refractivity contribution in [3.05, 3.63) is 59.2 Å². The van der Waals surface area contributed by atoms with Gasteiger partial charge in [0.25, 0.3) is 10.0 Å². The van der Waals surface area contributed by atoms with Crippen molar-refractivity contribution in [3.63, 3.8) is 0 Å². The summed E-state index contributed by atoms with van der Waals surface area (Å²) in [6.07, 6.45) is 0. The van der Waals surface area contributed by atoms with E-state index in [1.165, 1.54) is 19.1 Å². The van der Waals surface area contributed by atoms with E-state index in [9.17, 15) is 17.2 Å². The summed E-state index contributed by atoms with van der Waals surface area (Å²) < 4.78 is 53.4. The van der Waals surface area contributed by atoms with Crippen LogP contribution in [-0.2, 0) is 16.6 Å². The van der Waals surface area contributed by atoms with E-state index in [1.807, 2.05) is 0 Å². The van der Waals surface area contributed by atoms with Crippen molar-refractivity contribution in [1.29, 1.82) is 0 Å². The molecule has 2 rings (SSSR count). The largest absolute Gasteiger partial charge is 0.326 e. The summed E-state index contributed by atoms with van der Waals surface area (Å²) in [4.78, 5) is -0.105. The molecule has 4 nitrogen and oxygen atoms in total. The molecular formula is C14H14F2N2O2S. The predicted octanol–water partition coefficient (Wildman–Crippen LogP) is 2.53. The highest BCUT2D eigenvalue weighted by atomic mass is 32.2. The molecule has 2 aromatic rings.